The van der Waals surface area contributed by atoms with Gasteiger partial charge in [0, 0.05) is 11.3 Å². The van der Waals surface area contributed by atoms with Crippen LogP contribution in [0.5, 0.6) is 0 Å². The van der Waals surface area contributed by atoms with Crippen LogP contribution < -0.4 is 9.79 Å². The molecule has 1 aromatic rings. The van der Waals surface area contributed by atoms with Crippen molar-refractivity contribution in [3.63, 3.8) is 0 Å². The quantitative estimate of drug-likeness (QED) is 0.497. The molecular formula is C14H16N4O4S. The first-order chi connectivity index (χ1) is 11.0. The zero-order valence-electron chi connectivity index (χ0n) is 12.5. The van der Waals surface area contributed by atoms with Gasteiger partial charge in [0.2, 0.25) is 12.2 Å². The van der Waals surface area contributed by atoms with Crippen LogP contribution >= 0.6 is 11.8 Å². The Morgan fingerprint density at radius 3 is 3.04 bits per heavy atom. The van der Waals surface area contributed by atoms with Gasteiger partial charge in [0.05, 0.1) is 41.5 Å². The summed E-state index contributed by atoms with van der Waals surface area (Å²) < 4.78 is 3.95. The molecule has 1 aromatic heterocycles. The highest BCUT2D eigenvalue weighted by molar-refractivity contribution is 8.03. The Morgan fingerprint density at radius 1 is 1.61 bits per heavy atom. The van der Waals surface area contributed by atoms with E-state index in [1.54, 1.807) is 19.6 Å². The van der Waals surface area contributed by atoms with Crippen LogP contribution in [0.2, 0.25) is 0 Å². The summed E-state index contributed by atoms with van der Waals surface area (Å²) in [6.45, 7) is 3.05. The molecule has 23 heavy (non-hydrogen) atoms. The molecule has 4 rings (SSSR count). The van der Waals surface area contributed by atoms with E-state index in [-0.39, 0.29) is 22.9 Å². The number of aliphatic carboxylic acids is 1. The Bertz CT molecular complexity index is 708. The minimum atomic E-state index is -1.32. The number of aliphatic hydroxyl groups is 1. The maximum atomic E-state index is 12.1. The van der Waals surface area contributed by atoms with Gasteiger partial charge in [-0.2, -0.15) is 9.36 Å². The van der Waals surface area contributed by atoms with Crippen LogP contribution in [0.4, 0.5) is 0 Å². The fourth-order valence-electron chi connectivity index (χ4n) is 3.70. The molecule has 1 saturated heterocycles. The molecular weight excluding hydrogens is 320 g/mol. The van der Waals surface area contributed by atoms with Crippen molar-refractivity contribution in [3.8, 4) is 0 Å². The number of aromatic nitrogens is 3. The third kappa shape index (κ3) is 2.10. The number of aliphatic hydroxyl groups excluding tert-OH is 1. The molecule has 9 heteroatoms. The third-order valence-corrected chi connectivity index (χ3v) is 5.98. The normalized spacial score (nSPS) is 30.3. The van der Waals surface area contributed by atoms with Crippen molar-refractivity contribution in [2.45, 2.75) is 43.8 Å². The second-order valence-electron chi connectivity index (χ2n) is 6.17. The SMILES string of the molecule is C[C@@H](O)[C@H]1C(=O)N2C(C(=O)[O-])=C(SC3Cn4cnc[n+]4C3)C[C@H]12. The highest BCUT2D eigenvalue weighted by Gasteiger charge is 2.55. The topological polar surface area (TPSA) is 102 Å². The number of carbonyl (C=O) groups excluding carboxylic acids is 2. The average Bonchev–Trinajstić information content (AvgIpc) is 3.10. The van der Waals surface area contributed by atoms with E-state index >= 15 is 0 Å². The molecule has 0 spiro atoms. The minimum absolute atomic E-state index is 0.0124. The predicted molar refractivity (Wildman–Crippen MR) is 76.3 cm³/mol. The summed E-state index contributed by atoms with van der Waals surface area (Å²) in [4.78, 5) is 29.7. The van der Waals surface area contributed by atoms with Gasteiger partial charge in [0.15, 0.2) is 0 Å². The number of amides is 1. The monoisotopic (exact) mass is 336 g/mol. The second-order valence-corrected chi connectivity index (χ2v) is 7.56. The van der Waals surface area contributed by atoms with E-state index in [0.717, 1.165) is 13.1 Å². The lowest BCUT2D eigenvalue weighted by molar-refractivity contribution is -0.758. The van der Waals surface area contributed by atoms with Crippen molar-refractivity contribution < 1.29 is 24.5 Å². The van der Waals surface area contributed by atoms with Crippen LogP contribution in [-0.2, 0) is 22.7 Å². The number of thioether (sulfide) groups is 1. The standard InChI is InChI=1S/C14H16N4O4S/c1-7(19)11-9-2-10(12(14(21)22)18(9)13(11)20)23-8-3-16-5-15-6-17(16)4-8/h5-9,11,19H,2-4H2,1H3/t7-,9-,11-/m1/s1. The molecule has 3 aliphatic heterocycles. The van der Waals surface area contributed by atoms with Gasteiger partial charge in [0.1, 0.15) is 6.54 Å². The number of rotatable bonds is 4. The van der Waals surface area contributed by atoms with E-state index in [0.29, 0.717) is 11.3 Å². The molecule has 0 radical (unpaired) electrons. The number of carboxylic acids is 1. The van der Waals surface area contributed by atoms with Gasteiger partial charge in [-0.05, 0) is 11.9 Å². The number of nitrogens with zero attached hydrogens (tertiary/aromatic N) is 4. The van der Waals surface area contributed by atoms with E-state index in [2.05, 4.69) is 4.98 Å². The van der Waals surface area contributed by atoms with Crippen molar-refractivity contribution in [2.75, 3.05) is 0 Å². The van der Waals surface area contributed by atoms with Crippen molar-refractivity contribution >= 4 is 23.6 Å². The molecule has 3 atom stereocenters. The molecule has 3 aliphatic rings. The fraction of sp³-hybridized carbons (Fsp3) is 0.571. The first-order valence-corrected chi connectivity index (χ1v) is 8.37. The first-order valence-electron chi connectivity index (χ1n) is 7.49. The summed E-state index contributed by atoms with van der Waals surface area (Å²) in [5, 5.41) is 21.4. The van der Waals surface area contributed by atoms with Gasteiger partial charge >= 0.3 is 6.33 Å². The van der Waals surface area contributed by atoms with Gasteiger partial charge < -0.3 is 19.9 Å². The first kappa shape index (κ1) is 14.7. The van der Waals surface area contributed by atoms with E-state index in [1.807, 2.05) is 9.36 Å². The predicted octanol–water partition coefficient (Wildman–Crippen LogP) is -2.14. The molecule has 1 fully saturated rings. The second kappa shape index (κ2) is 5.07. The smallest absolute Gasteiger partial charge is 0.306 e. The van der Waals surface area contributed by atoms with Crippen molar-refractivity contribution in [2.24, 2.45) is 5.92 Å². The number of carboxylic acid groups (broad SMARTS) is 1. The lowest BCUT2D eigenvalue weighted by atomic mass is 9.83. The van der Waals surface area contributed by atoms with Gasteiger partial charge in [-0.1, -0.05) is 0 Å². The highest BCUT2D eigenvalue weighted by atomic mass is 32.2. The molecule has 0 saturated carbocycles. The van der Waals surface area contributed by atoms with Crippen LogP contribution in [0.3, 0.4) is 0 Å². The maximum Gasteiger partial charge on any atom is 0.306 e. The fourth-order valence-corrected chi connectivity index (χ4v) is 5.11. The number of β-lactam (4-membered cyclic amide) rings is 1. The van der Waals surface area contributed by atoms with Crippen LogP contribution in [0.25, 0.3) is 0 Å². The molecule has 0 aliphatic carbocycles. The van der Waals surface area contributed by atoms with E-state index in [4.69, 9.17) is 0 Å². The van der Waals surface area contributed by atoms with E-state index in [9.17, 15) is 19.8 Å². The summed E-state index contributed by atoms with van der Waals surface area (Å²) in [5.74, 6) is -2.16. The molecule has 1 N–H and O–H groups in total. The Labute approximate surface area is 136 Å². The summed E-state index contributed by atoms with van der Waals surface area (Å²) >= 11 is 1.49. The number of hydrogen-bond acceptors (Lipinski definition) is 6. The minimum Gasteiger partial charge on any atom is -0.543 e. The van der Waals surface area contributed by atoms with Gasteiger partial charge in [-0.3, -0.25) is 4.79 Å². The summed E-state index contributed by atoms with van der Waals surface area (Å²) in [6.07, 6.45) is 3.18. The third-order valence-electron chi connectivity index (χ3n) is 4.70. The Hall–Kier alpha value is -1.87. The number of carbonyl (C=O) groups is 2. The molecule has 0 aromatic carbocycles. The van der Waals surface area contributed by atoms with Gasteiger partial charge in [-0.15, -0.1) is 11.8 Å². The Kier molecular flexibility index (Phi) is 3.24. The zero-order chi connectivity index (χ0) is 16.3. The molecule has 4 heterocycles. The lowest BCUT2D eigenvalue weighted by Gasteiger charge is -2.45. The molecule has 1 amide bonds. The number of hydrogen-bond donors (Lipinski definition) is 1. The van der Waals surface area contributed by atoms with Crippen LogP contribution in [0.1, 0.15) is 13.3 Å². The molecule has 0 unspecified atom stereocenters. The van der Waals surface area contributed by atoms with Crippen LogP contribution in [0.15, 0.2) is 23.3 Å². The zero-order valence-corrected chi connectivity index (χ0v) is 13.3. The molecule has 122 valence electrons. The van der Waals surface area contributed by atoms with E-state index < -0.39 is 18.0 Å². The average molecular weight is 336 g/mol. The van der Waals surface area contributed by atoms with Crippen molar-refractivity contribution in [1.29, 1.82) is 0 Å². The largest absolute Gasteiger partial charge is 0.543 e. The van der Waals surface area contributed by atoms with Gasteiger partial charge in [-0.25, -0.2) is 0 Å². The van der Waals surface area contributed by atoms with Crippen LogP contribution in [0, 0.1) is 5.92 Å². The van der Waals surface area contributed by atoms with Gasteiger partial charge in [0.25, 0.3) is 0 Å². The highest BCUT2D eigenvalue weighted by Crippen LogP contribution is 2.47. The lowest BCUT2D eigenvalue weighted by Crippen LogP contribution is -2.62. The summed E-state index contributed by atoms with van der Waals surface area (Å²) in [7, 11) is 0. The van der Waals surface area contributed by atoms with E-state index in [1.165, 1.54) is 16.7 Å². The molecule has 0 bridgehead atoms. The summed E-state index contributed by atoms with van der Waals surface area (Å²) in [6, 6.07) is -0.257. The Balaban J connectivity index is 1.55. The molecule has 8 nitrogen and oxygen atoms in total. The number of fused-ring (bicyclic) bond motifs is 2. The maximum absolute atomic E-state index is 12.1. The van der Waals surface area contributed by atoms with Crippen molar-refractivity contribution in [1.82, 2.24) is 14.6 Å². The van der Waals surface area contributed by atoms with Crippen LogP contribution in [-0.4, -0.2) is 48.9 Å². The van der Waals surface area contributed by atoms with Crippen molar-refractivity contribution in [3.05, 3.63) is 23.3 Å². The summed E-state index contributed by atoms with van der Waals surface area (Å²) in [5.41, 5.74) is -0.0124. The Morgan fingerprint density at radius 2 is 2.39 bits per heavy atom.